The molecule has 9 heteroatoms. The predicted molar refractivity (Wildman–Crippen MR) is 268 cm³/mol. The fraction of sp³-hybridized carbons (Fsp3) is 0.796. The molecule has 0 saturated heterocycles. The molecule has 0 aromatic rings. The van der Waals surface area contributed by atoms with Crippen molar-refractivity contribution in [2.75, 3.05) is 54.1 Å². The first kappa shape index (κ1) is 61.2. The van der Waals surface area contributed by atoms with E-state index in [1.807, 2.05) is 21.1 Å². The second-order valence-electron chi connectivity index (χ2n) is 18.5. The van der Waals surface area contributed by atoms with Crippen LogP contribution in [0, 0.1) is 0 Å². The second-order valence-corrected chi connectivity index (χ2v) is 19.9. The monoisotopic (exact) mass is 906 g/mol. The van der Waals surface area contributed by atoms with E-state index in [1.54, 1.807) is 0 Å². The molecular formula is C54H100NO7P. The Morgan fingerprint density at radius 2 is 0.921 bits per heavy atom. The first-order valence-corrected chi connectivity index (χ1v) is 27.5. The van der Waals surface area contributed by atoms with E-state index in [2.05, 4.69) is 74.6 Å². The standard InChI is InChI=1S/C54H100NO7P/c1-6-8-10-12-14-16-18-20-22-24-25-26-27-28-29-30-32-34-36-38-40-42-44-46-49-59-51-53(52-61-63(57,58)60-50-48-55(3,4)5)62-54(56)47-45-43-41-39-37-35-33-31-23-21-19-17-15-13-11-9-7-2/h8,10,14,16,20,22,25-26,28-29,53H,6-7,9,11-13,15,17-19,21,23-24,27,30-52H2,1-5H3/b10-8-,16-14-,22-20-,26-25-,29-28-. The summed E-state index contributed by atoms with van der Waals surface area (Å²) in [6.45, 7) is 5.30. The van der Waals surface area contributed by atoms with Crippen molar-refractivity contribution in [1.82, 2.24) is 0 Å². The van der Waals surface area contributed by atoms with E-state index in [1.165, 1.54) is 128 Å². The normalized spacial score (nSPS) is 14.1. The van der Waals surface area contributed by atoms with Gasteiger partial charge in [-0.2, -0.15) is 0 Å². The van der Waals surface area contributed by atoms with E-state index in [0.717, 1.165) is 70.6 Å². The number of hydrogen-bond donors (Lipinski definition) is 0. The summed E-state index contributed by atoms with van der Waals surface area (Å²) in [5.41, 5.74) is 0. The molecule has 0 amide bonds. The second kappa shape index (κ2) is 46.7. The molecule has 0 aliphatic heterocycles. The number of carbonyl (C=O) groups excluding carboxylic acids is 1. The van der Waals surface area contributed by atoms with Gasteiger partial charge in [-0.25, -0.2) is 0 Å². The average molecular weight is 906 g/mol. The summed E-state index contributed by atoms with van der Waals surface area (Å²) in [6.07, 6.45) is 59.6. The minimum Gasteiger partial charge on any atom is -0.756 e. The lowest BCUT2D eigenvalue weighted by molar-refractivity contribution is -0.870. The van der Waals surface area contributed by atoms with Crippen molar-refractivity contribution in [2.24, 2.45) is 0 Å². The molecule has 0 radical (unpaired) electrons. The van der Waals surface area contributed by atoms with Gasteiger partial charge in [0.05, 0.1) is 34.4 Å². The lowest BCUT2D eigenvalue weighted by Gasteiger charge is -2.28. The van der Waals surface area contributed by atoms with Crippen molar-refractivity contribution in [2.45, 2.75) is 225 Å². The van der Waals surface area contributed by atoms with Crippen molar-refractivity contribution < 1.29 is 37.3 Å². The van der Waals surface area contributed by atoms with Crippen LogP contribution in [0.15, 0.2) is 60.8 Å². The number of allylic oxidation sites excluding steroid dienone is 10. The molecule has 0 aliphatic rings. The maximum Gasteiger partial charge on any atom is 0.306 e. The smallest absolute Gasteiger partial charge is 0.306 e. The van der Waals surface area contributed by atoms with Crippen LogP contribution in [0.5, 0.6) is 0 Å². The molecule has 63 heavy (non-hydrogen) atoms. The van der Waals surface area contributed by atoms with Gasteiger partial charge in [0.15, 0.2) is 0 Å². The van der Waals surface area contributed by atoms with Crippen molar-refractivity contribution in [3.63, 3.8) is 0 Å². The van der Waals surface area contributed by atoms with Crippen molar-refractivity contribution in [1.29, 1.82) is 0 Å². The van der Waals surface area contributed by atoms with Crippen LogP contribution < -0.4 is 4.89 Å². The highest BCUT2D eigenvalue weighted by Crippen LogP contribution is 2.38. The number of esters is 1. The lowest BCUT2D eigenvalue weighted by atomic mass is 10.0. The van der Waals surface area contributed by atoms with Gasteiger partial charge in [-0.1, -0.05) is 216 Å². The molecule has 0 rings (SSSR count). The van der Waals surface area contributed by atoms with Gasteiger partial charge in [0.1, 0.15) is 19.3 Å². The summed E-state index contributed by atoms with van der Waals surface area (Å²) >= 11 is 0. The van der Waals surface area contributed by atoms with E-state index >= 15 is 0 Å². The molecule has 0 aromatic carbocycles. The Balaban J connectivity index is 4.14. The van der Waals surface area contributed by atoms with Crippen LogP contribution in [0.2, 0.25) is 0 Å². The average Bonchev–Trinajstić information content (AvgIpc) is 3.24. The van der Waals surface area contributed by atoms with E-state index < -0.39 is 13.9 Å². The molecule has 0 spiro atoms. The topological polar surface area (TPSA) is 94.1 Å². The largest absolute Gasteiger partial charge is 0.756 e. The Kier molecular flexibility index (Phi) is 45.4. The van der Waals surface area contributed by atoms with Crippen LogP contribution in [-0.4, -0.2) is 70.7 Å². The van der Waals surface area contributed by atoms with Crippen LogP contribution in [0.3, 0.4) is 0 Å². The number of hydrogen-bond acceptors (Lipinski definition) is 7. The van der Waals surface area contributed by atoms with Crippen LogP contribution in [0.4, 0.5) is 0 Å². The summed E-state index contributed by atoms with van der Waals surface area (Å²) in [4.78, 5) is 25.2. The zero-order valence-electron chi connectivity index (χ0n) is 41.8. The number of unbranched alkanes of at least 4 members (excludes halogenated alkanes) is 24. The molecule has 368 valence electrons. The number of likely N-dealkylation sites (N-methyl/N-ethyl adjacent to an activating group) is 1. The quantitative estimate of drug-likeness (QED) is 0.0197. The first-order chi connectivity index (χ1) is 30.6. The maximum atomic E-state index is 12.7. The maximum absolute atomic E-state index is 12.7. The first-order valence-electron chi connectivity index (χ1n) is 26.0. The van der Waals surface area contributed by atoms with Crippen LogP contribution >= 0.6 is 7.82 Å². The van der Waals surface area contributed by atoms with Gasteiger partial charge in [-0.15, -0.1) is 0 Å². The van der Waals surface area contributed by atoms with Crippen LogP contribution in [0.25, 0.3) is 0 Å². The highest BCUT2D eigenvalue weighted by Gasteiger charge is 2.20. The predicted octanol–water partition coefficient (Wildman–Crippen LogP) is 15.4. The fourth-order valence-electron chi connectivity index (χ4n) is 7.10. The molecular weight excluding hydrogens is 806 g/mol. The zero-order chi connectivity index (χ0) is 46.2. The van der Waals surface area contributed by atoms with Gasteiger partial charge < -0.3 is 27.9 Å². The number of carbonyl (C=O) groups is 1. The van der Waals surface area contributed by atoms with E-state index in [9.17, 15) is 14.3 Å². The van der Waals surface area contributed by atoms with Gasteiger partial charge in [0, 0.05) is 13.0 Å². The van der Waals surface area contributed by atoms with Crippen molar-refractivity contribution >= 4 is 13.8 Å². The number of phosphoric ester groups is 1. The summed E-state index contributed by atoms with van der Waals surface area (Å²) < 4.78 is 34.8. The van der Waals surface area contributed by atoms with Gasteiger partial charge in [0.25, 0.3) is 7.82 Å². The molecule has 2 atom stereocenters. The number of nitrogens with zero attached hydrogens (tertiary/aromatic N) is 1. The van der Waals surface area contributed by atoms with E-state index in [0.29, 0.717) is 24.1 Å². The van der Waals surface area contributed by atoms with Crippen molar-refractivity contribution in [3.05, 3.63) is 60.8 Å². The zero-order valence-corrected chi connectivity index (χ0v) is 42.7. The Morgan fingerprint density at radius 1 is 0.508 bits per heavy atom. The highest BCUT2D eigenvalue weighted by molar-refractivity contribution is 7.45. The molecule has 0 fully saturated rings. The van der Waals surface area contributed by atoms with Gasteiger partial charge in [-0.05, 0) is 57.8 Å². The summed E-state index contributed by atoms with van der Waals surface area (Å²) in [6, 6.07) is 0. The molecule has 0 saturated carbocycles. The van der Waals surface area contributed by atoms with Gasteiger partial charge in [-0.3, -0.25) is 9.36 Å². The molecule has 8 nitrogen and oxygen atoms in total. The number of ether oxygens (including phenoxy) is 2. The van der Waals surface area contributed by atoms with Crippen LogP contribution in [0.1, 0.15) is 219 Å². The third-order valence-corrected chi connectivity index (χ3v) is 12.0. The lowest BCUT2D eigenvalue weighted by Crippen LogP contribution is -2.37. The summed E-state index contributed by atoms with van der Waals surface area (Å²) in [7, 11) is 1.35. The number of rotatable bonds is 48. The van der Waals surface area contributed by atoms with Gasteiger partial charge >= 0.3 is 5.97 Å². The van der Waals surface area contributed by atoms with Gasteiger partial charge in [0.2, 0.25) is 0 Å². The molecule has 0 bridgehead atoms. The molecule has 0 aliphatic carbocycles. The van der Waals surface area contributed by atoms with Crippen LogP contribution in [-0.2, 0) is 27.9 Å². The fourth-order valence-corrected chi connectivity index (χ4v) is 7.83. The molecule has 0 aromatic heterocycles. The minimum absolute atomic E-state index is 0.0235. The Bertz CT molecular complexity index is 1190. The molecule has 0 heterocycles. The molecule has 2 unspecified atom stereocenters. The number of quaternary nitrogens is 1. The molecule has 0 N–H and O–H groups in total. The van der Waals surface area contributed by atoms with E-state index in [-0.39, 0.29) is 25.8 Å². The minimum atomic E-state index is -4.53. The number of phosphoric acid groups is 1. The highest BCUT2D eigenvalue weighted by atomic mass is 31.2. The van der Waals surface area contributed by atoms with E-state index in [4.69, 9.17) is 18.5 Å². The Morgan fingerprint density at radius 3 is 1.38 bits per heavy atom. The third-order valence-electron chi connectivity index (χ3n) is 11.1. The Hall–Kier alpha value is -1.80. The summed E-state index contributed by atoms with van der Waals surface area (Å²) in [5.74, 6) is -0.335. The van der Waals surface area contributed by atoms with Crippen molar-refractivity contribution in [3.8, 4) is 0 Å². The Labute approximate surface area is 390 Å². The third kappa shape index (κ3) is 51.1. The summed E-state index contributed by atoms with van der Waals surface area (Å²) in [5, 5.41) is 0. The SMILES string of the molecule is CC/C=C\C/C=C\C/C=C\C/C=C\C/C=C\CCCCCCCCCCOCC(COP(=O)([O-])OCC[N+](C)(C)C)OC(=O)CCCCCCCCCCCCCCCCCCC.